The van der Waals surface area contributed by atoms with E-state index in [1.807, 2.05) is 19.9 Å². The maximum absolute atomic E-state index is 12.2. The lowest BCUT2D eigenvalue weighted by Crippen LogP contribution is -2.41. The number of thiophene rings is 1. The zero-order valence-electron chi connectivity index (χ0n) is 12.5. The van der Waals surface area contributed by atoms with Gasteiger partial charge in [-0.05, 0) is 18.1 Å². The van der Waals surface area contributed by atoms with Gasteiger partial charge in [0.15, 0.2) is 0 Å². The van der Waals surface area contributed by atoms with Gasteiger partial charge in [-0.1, -0.05) is 25.4 Å². The number of carbonyl (C=O) groups is 2. The quantitative estimate of drug-likeness (QED) is 0.794. The number of rotatable bonds is 8. The number of nitrogens with zero attached hydrogens (tertiary/aromatic N) is 2. The third-order valence-electron chi connectivity index (χ3n) is 2.79. The lowest BCUT2D eigenvalue weighted by atomic mass is 10.2. The molecule has 0 radical (unpaired) electrons. The van der Waals surface area contributed by atoms with Crippen molar-refractivity contribution in [2.24, 2.45) is 5.92 Å². The second-order valence-electron chi connectivity index (χ2n) is 5.41. The lowest BCUT2D eigenvalue weighted by molar-refractivity contribution is -0.139. The zero-order chi connectivity index (χ0) is 16.0. The molecule has 1 heterocycles. The number of carboxylic acid groups (broad SMARTS) is 1. The van der Waals surface area contributed by atoms with Crippen molar-refractivity contribution < 1.29 is 14.7 Å². The highest BCUT2D eigenvalue weighted by molar-refractivity contribution is 7.16. The molecule has 0 saturated carbocycles. The van der Waals surface area contributed by atoms with Crippen LogP contribution in [0.3, 0.4) is 0 Å². The number of hydrogen-bond acceptors (Lipinski definition) is 4. The molecule has 1 N–H and O–H groups in total. The molecule has 7 heteroatoms. The maximum atomic E-state index is 12.2. The van der Waals surface area contributed by atoms with E-state index in [2.05, 4.69) is 0 Å². The number of aliphatic carboxylic acids is 1. The first-order chi connectivity index (χ1) is 9.77. The third-order valence-corrected chi connectivity index (χ3v) is 4.00. The molecular weight excluding hydrogens is 312 g/mol. The van der Waals surface area contributed by atoms with Gasteiger partial charge >= 0.3 is 5.97 Å². The number of hydrogen-bond donors (Lipinski definition) is 1. The van der Waals surface area contributed by atoms with Gasteiger partial charge in [-0.25, -0.2) is 0 Å². The van der Waals surface area contributed by atoms with E-state index in [1.54, 1.807) is 22.9 Å². The Morgan fingerprint density at radius 2 is 2.00 bits per heavy atom. The van der Waals surface area contributed by atoms with Crippen molar-refractivity contribution in [3.63, 3.8) is 0 Å². The largest absolute Gasteiger partial charge is 0.480 e. The molecule has 0 aliphatic rings. The molecule has 5 nitrogen and oxygen atoms in total. The molecule has 0 aliphatic carbocycles. The Morgan fingerprint density at radius 1 is 1.33 bits per heavy atom. The standard InChI is InChI=1S/C14H21ClN2O3S/c1-10(2)6-17(9-14(19)20)8-13(18)16(3)7-11-4-5-12(15)21-11/h4-5,10H,6-9H2,1-3H3,(H,19,20). The van der Waals surface area contributed by atoms with E-state index in [0.717, 1.165) is 4.88 Å². The Labute approximate surface area is 134 Å². The first-order valence-corrected chi connectivity index (χ1v) is 7.89. The average molecular weight is 333 g/mol. The molecule has 1 amide bonds. The summed E-state index contributed by atoms with van der Waals surface area (Å²) in [7, 11) is 1.71. The maximum Gasteiger partial charge on any atom is 0.317 e. The van der Waals surface area contributed by atoms with Crippen LogP contribution in [0.25, 0.3) is 0 Å². The number of halogens is 1. The third kappa shape index (κ3) is 6.93. The summed E-state index contributed by atoms with van der Waals surface area (Å²) in [6, 6.07) is 3.69. The van der Waals surface area contributed by atoms with Crippen LogP contribution >= 0.6 is 22.9 Å². The Morgan fingerprint density at radius 3 is 2.48 bits per heavy atom. The van der Waals surface area contributed by atoms with Gasteiger partial charge in [0.2, 0.25) is 5.91 Å². The van der Waals surface area contributed by atoms with Crippen LogP contribution in [-0.2, 0) is 16.1 Å². The van der Waals surface area contributed by atoms with Gasteiger partial charge in [0.25, 0.3) is 0 Å². The van der Waals surface area contributed by atoms with E-state index < -0.39 is 5.97 Å². The van der Waals surface area contributed by atoms with Crippen molar-refractivity contribution in [3.05, 3.63) is 21.3 Å². The molecule has 118 valence electrons. The fraction of sp³-hybridized carbons (Fsp3) is 0.571. The Hall–Kier alpha value is -1.11. The summed E-state index contributed by atoms with van der Waals surface area (Å²) in [5.74, 6) is -0.712. The van der Waals surface area contributed by atoms with Crippen molar-refractivity contribution in [2.45, 2.75) is 20.4 Å². The highest BCUT2D eigenvalue weighted by Gasteiger charge is 2.18. The Balaban J connectivity index is 2.56. The monoisotopic (exact) mass is 332 g/mol. The molecule has 1 aromatic heterocycles. The molecule has 0 aliphatic heterocycles. The van der Waals surface area contributed by atoms with Gasteiger partial charge < -0.3 is 10.0 Å². The topological polar surface area (TPSA) is 60.9 Å². The van der Waals surface area contributed by atoms with Crippen LogP contribution in [0.15, 0.2) is 12.1 Å². The van der Waals surface area contributed by atoms with Crippen molar-refractivity contribution in [1.29, 1.82) is 0 Å². The van der Waals surface area contributed by atoms with Crippen LogP contribution < -0.4 is 0 Å². The highest BCUT2D eigenvalue weighted by atomic mass is 35.5. The van der Waals surface area contributed by atoms with E-state index >= 15 is 0 Å². The SMILES string of the molecule is CC(C)CN(CC(=O)O)CC(=O)N(C)Cc1ccc(Cl)s1. The second kappa shape index (κ2) is 8.36. The van der Waals surface area contributed by atoms with Gasteiger partial charge in [0, 0.05) is 18.5 Å². The Bertz CT molecular complexity index is 490. The summed E-state index contributed by atoms with van der Waals surface area (Å²) in [4.78, 5) is 27.3. The van der Waals surface area contributed by atoms with E-state index in [9.17, 15) is 9.59 Å². The van der Waals surface area contributed by atoms with Gasteiger partial charge in [-0.15, -0.1) is 11.3 Å². The zero-order valence-corrected chi connectivity index (χ0v) is 14.1. The van der Waals surface area contributed by atoms with Crippen LogP contribution in [0.5, 0.6) is 0 Å². The molecule has 21 heavy (non-hydrogen) atoms. The first kappa shape index (κ1) is 17.9. The summed E-state index contributed by atoms with van der Waals surface area (Å²) in [6.45, 7) is 5.05. The van der Waals surface area contributed by atoms with Crippen LogP contribution in [-0.4, -0.2) is 53.5 Å². The molecule has 0 unspecified atom stereocenters. The molecule has 0 bridgehead atoms. The van der Waals surface area contributed by atoms with E-state index in [0.29, 0.717) is 23.3 Å². The van der Waals surface area contributed by atoms with Gasteiger partial charge in [-0.2, -0.15) is 0 Å². The summed E-state index contributed by atoms with van der Waals surface area (Å²) in [6.07, 6.45) is 0. The van der Waals surface area contributed by atoms with Crippen molar-refractivity contribution >= 4 is 34.8 Å². The normalized spacial score (nSPS) is 11.1. The minimum atomic E-state index is -0.920. The smallest absolute Gasteiger partial charge is 0.317 e. The molecule has 0 spiro atoms. The molecule has 0 fully saturated rings. The van der Waals surface area contributed by atoms with Crippen LogP contribution in [0.1, 0.15) is 18.7 Å². The first-order valence-electron chi connectivity index (χ1n) is 6.70. The van der Waals surface area contributed by atoms with Crippen LogP contribution in [0.4, 0.5) is 0 Å². The Kier molecular flexibility index (Phi) is 7.14. The van der Waals surface area contributed by atoms with E-state index in [1.165, 1.54) is 11.3 Å². The number of carboxylic acids is 1. The fourth-order valence-electron chi connectivity index (χ4n) is 1.96. The van der Waals surface area contributed by atoms with Crippen molar-refractivity contribution in [3.8, 4) is 0 Å². The van der Waals surface area contributed by atoms with Gasteiger partial charge in [0.1, 0.15) is 0 Å². The minimum absolute atomic E-state index is 0.0959. The summed E-state index contributed by atoms with van der Waals surface area (Å²) in [5.41, 5.74) is 0. The summed E-state index contributed by atoms with van der Waals surface area (Å²) in [5, 5.41) is 8.91. The van der Waals surface area contributed by atoms with Crippen molar-refractivity contribution in [2.75, 3.05) is 26.7 Å². The average Bonchev–Trinajstić information content (AvgIpc) is 2.72. The fourth-order valence-corrected chi connectivity index (χ4v) is 3.10. The molecule has 1 rings (SSSR count). The number of likely N-dealkylation sites (N-methyl/N-ethyl adjacent to an activating group) is 1. The molecular formula is C14H21ClN2O3S. The van der Waals surface area contributed by atoms with Crippen molar-refractivity contribution in [1.82, 2.24) is 9.80 Å². The van der Waals surface area contributed by atoms with Crippen LogP contribution in [0.2, 0.25) is 4.34 Å². The predicted octanol–water partition coefficient (Wildman–Crippen LogP) is 2.40. The second-order valence-corrected chi connectivity index (χ2v) is 7.21. The highest BCUT2D eigenvalue weighted by Crippen LogP contribution is 2.22. The number of carbonyl (C=O) groups excluding carboxylic acids is 1. The minimum Gasteiger partial charge on any atom is -0.480 e. The summed E-state index contributed by atoms with van der Waals surface area (Å²) >= 11 is 7.30. The lowest BCUT2D eigenvalue weighted by Gasteiger charge is -2.24. The van der Waals surface area contributed by atoms with E-state index in [-0.39, 0.29) is 19.0 Å². The molecule has 1 aromatic rings. The van der Waals surface area contributed by atoms with Gasteiger partial charge in [-0.3, -0.25) is 14.5 Å². The molecule has 0 atom stereocenters. The summed E-state index contributed by atoms with van der Waals surface area (Å²) < 4.78 is 0.693. The molecule has 0 aromatic carbocycles. The van der Waals surface area contributed by atoms with Gasteiger partial charge in [0.05, 0.1) is 24.0 Å². The molecule has 0 saturated heterocycles. The number of amides is 1. The van der Waals surface area contributed by atoms with E-state index in [4.69, 9.17) is 16.7 Å². The predicted molar refractivity (Wildman–Crippen MR) is 84.7 cm³/mol. The van der Waals surface area contributed by atoms with Crippen LogP contribution in [0, 0.1) is 5.92 Å².